The Kier molecular flexibility index (Phi) is 7.95. The van der Waals surface area contributed by atoms with E-state index in [0.29, 0.717) is 5.56 Å². The van der Waals surface area contributed by atoms with E-state index in [1.165, 1.54) is 0 Å². The van der Waals surface area contributed by atoms with E-state index in [0.717, 1.165) is 0 Å². The average Bonchev–Trinajstić information content (AvgIpc) is 2.08. The third-order valence-corrected chi connectivity index (χ3v) is 0.903. The van der Waals surface area contributed by atoms with E-state index in [4.69, 9.17) is 24.6 Å². The summed E-state index contributed by atoms with van der Waals surface area (Å²) in [6, 6.07) is 11.2. The summed E-state index contributed by atoms with van der Waals surface area (Å²) in [7, 11) is 9.90. The van der Waals surface area contributed by atoms with E-state index < -0.39 is 15.1 Å². The molecule has 0 N–H and O–H groups in total. The van der Waals surface area contributed by atoms with Crippen molar-refractivity contribution in [1.82, 2.24) is 0 Å². The first-order valence-corrected chi connectivity index (χ1v) is 10.7. The van der Waals surface area contributed by atoms with Gasteiger partial charge in [0.05, 0.1) is 11.6 Å². The fourth-order valence-corrected chi connectivity index (χ4v) is 0.513. The Morgan fingerprint density at radius 3 is 1.91 bits per heavy atom. The third kappa shape index (κ3) is 6.32. The van der Waals surface area contributed by atoms with Crippen LogP contribution in [0.25, 0.3) is 0 Å². The molecule has 1 nitrogen and oxygen atoms in total. The summed E-state index contributed by atoms with van der Waals surface area (Å²) < 4.78 is 0. The minimum absolute atomic E-state index is 0.715. The van der Waals surface area contributed by atoms with E-state index in [1.54, 1.807) is 12.1 Å². The molecule has 0 unspecified atom stereocenters. The van der Waals surface area contributed by atoms with Gasteiger partial charge in [-0.2, -0.15) is 5.26 Å². The normalized spacial score (nSPS) is 6.64. The molecule has 0 bridgehead atoms. The number of benzene rings is 1. The summed E-state index contributed by atoms with van der Waals surface area (Å²) in [5.41, 5.74) is 0.715. The molecule has 0 saturated heterocycles. The van der Waals surface area contributed by atoms with Crippen LogP contribution in [0.5, 0.6) is 0 Å². The molecular weight excluding hydrogens is 234 g/mol. The van der Waals surface area contributed by atoms with Gasteiger partial charge in [-0.25, -0.2) is 0 Å². The molecule has 1 aromatic carbocycles. The van der Waals surface area contributed by atoms with Crippen molar-refractivity contribution in [2.75, 3.05) is 0 Å². The van der Waals surface area contributed by atoms with Crippen molar-refractivity contribution < 1.29 is 15.1 Å². The Hall–Kier alpha value is -0.0866. The van der Waals surface area contributed by atoms with Gasteiger partial charge in [0.25, 0.3) is 0 Å². The Morgan fingerprint density at radius 1 is 1.18 bits per heavy atom. The average molecular weight is 239 g/mol. The summed E-state index contributed by atoms with van der Waals surface area (Å²) >= 11 is -0.931. The first-order valence-electron chi connectivity index (χ1n) is 2.92. The van der Waals surface area contributed by atoms with E-state index >= 15 is 0 Å². The molecular formula is C7H5Cl2NZn. The van der Waals surface area contributed by atoms with Crippen LogP contribution in [0.2, 0.25) is 0 Å². The van der Waals surface area contributed by atoms with Gasteiger partial charge in [0.2, 0.25) is 0 Å². The monoisotopic (exact) mass is 237 g/mol. The van der Waals surface area contributed by atoms with Crippen molar-refractivity contribution in [3.63, 3.8) is 0 Å². The van der Waals surface area contributed by atoms with E-state index in [2.05, 4.69) is 0 Å². The Balaban J connectivity index is 0.000000292. The van der Waals surface area contributed by atoms with Gasteiger partial charge in [0.1, 0.15) is 0 Å². The molecule has 54 valence electrons. The van der Waals surface area contributed by atoms with E-state index in [9.17, 15) is 0 Å². The second kappa shape index (κ2) is 8.01. The summed E-state index contributed by atoms with van der Waals surface area (Å²) in [5.74, 6) is 0. The van der Waals surface area contributed by atoms with Crippen LogP contribution in [0.15, 0.2) is 30.3 Å². The van der Waals surface area contributed by atoms with Gasteiger partial charge in [-0.05, 0) is 12.1 Å². The van der Waals surface area contributed by atoms with Gasteiger partial charge in [-0.15, -0.1) is 0 Å². The molecule has 1 aromatic rings. The van der Waals surface area contributed by atoms with Crippen LogP contribution in [0.3, 0.4) is 0 Å². The molecule has 0 spiro atoms. The molecule has 1 rings (SSSR count). The fraction of sp³-hybridized carbons (Fsp3) is 0. The van der Waals surface area contributed by atoms with Gasteiger partial charge in [-0.3, -0.25) is 0 Å². The number of nitriles is 1. The van der Waals surface area contributed by atoms with Crippen molar-refractivity contribution in [3.8, 4) is 6.07 Å². The van der Waals surface area contributed by atoms with Crippen LogP contribution >= 0.6 is 19.4 Å². The summed E-state index contributed by atoms with van der Waals surface area (Å²) in [4.78, 5) is 0. The van der Waals surface area contributed by atoms with Crippen molar-refractivity contribution >= 4 is 19.4 Å². The molecule has 4 heteroatoms. The first-order chi connectivity index (χ1) is 5.35. The number of nitrogens with zero attached hydrogens (tertiary/aromatic N) is 1. The molecule has 0 fully saturated rings. The molecule has 0 aliphatic carbocycles. The molecule has 0 saturated carbocycles. The van der Waals surface area contributed by atoms with Crippen molar-refractivity contribution in [2.24, 2.45) is 0 Å². The summed E-state index contributed by atoms with van der Waals surface area (Å²) in [6.07, 6.45) is 0. The predicted molar refractivity (Wildman–Crippen MR) is 42.9 cm³/mol. The Labute approximate surface area is 81.6 Å². The SMILES string of the molecule is N#Cc1ccccc1.[Cl][Zn][Cl]. The van der Waals surface area contributed by atoms with Gasteiger partial charge in [0.15, 0.2) is 0 Å². The van der Waals surface area contributed by atoms with Gasteiger partial charge < -0.3 is 0 Å². The maximum absolute atomic E-state index is 8.29. The predicted octanol–water partition coefficient (Wildman–Crippen LogP) is 2.93. The van der Waals surface area contributed by atoms with Crippen LogP contribution < -0.4 is 0 Å². The number of hydrogen-bond acceptors (Lipinski definition) is 1. The maximum atomic E-state index is 8.29. The van der Waals surface area contributed by atoms with Gasteiger partial charge in [0, 0.05) is 0 Å². The standard InChI is InChI=1S/C7H5N.2ClH.Zn/c8-6-7-4-2-1-3-5-7;;;/h1-5H;2*1H;/q;;;+2/p-2. The second-order valence-electron chi connectivity index (χ2n) is 1.58. The van der Waals surface area contributed by atoms with E-state index in [1.807, 2.05) is 24.3 Å². The first kappa shape index (κ1) is 10.9. The number of rotatable bonds is 0. The fourth-order valence-electron chi connectivity index (χ4n) is 0.513. The molecule has 0 aromatic heterocycles. The molecule has 11 heavy (non-hydrogen) atoms. The Bertz CT molecular complexity index is 220. The molecule has 0 radical (unpaired) electrons. The zero-order chi connectivity index (χ0) is 8.53. The molecule has 0 aliphatic rings. The van der Waals surface area contributed by atoms with Crippen LogP contribution in [0.1, 0.15) is 5.56 Å². The quantitative estimate of drug-likeness (QED) is 0.639. The van der Waals surface area contributed by atoms with Crippen molar-refractivity contribution in [3.05, 3.63) is 35.9 Å². The zero-order valence-electron chi connectivity index (χ0n) is 5.80. The minimum atomic E-state index is -0.931. The van der Waals surface area contributed by atoms with Crippen molar-refractivity contribution in [1.29, 1.82) is 5.26 Å². The Morgan fingerprint density at radius 2 is 1.64 bits per heavy atom. The van der Waals surface area contributed by atoms with Gasteiger partial charge in [-0.1, -0.05) is 18.2 Å². The van der Waals surface area contributed by atoms with Crippen LogP contribution in [-0.4, -0.2) is 0 Å². The number of hydrogen-bond donors (Lipinski definition) is 0. The second-order valence-corrected chi connectivity index (χ2v) is 6.20. The molecule has 0 aliphatic heterocycles. The zero-order valence-corrected chi connectivity index (χ0v) is 10.3. The topological polar surface area (TPSA) is 23.8 Å². The van der Waals surface area contributed by atoms with Crippen LogP contribution in [0.4, 0.5) is 0 Å². The van der Waals surface area contributed by atoms with Crippen molar-refractivity contribution in [2.45, 2.75) is 0 Å². The van der Waals surface area contributed by atoms with E-state index in [-0.39, 0.29) is 0 Å². The number of halogens is 2. The van der Waals surface area contributed by atoms with Crippen LogP contribution in [0, 0.1) is 11.3 Å². The summed E-state index contributed by atoms with van der Waals surface area (Å²) in [5, 5.41) is 8.29. The molecule has 0 atom stereocenters. The van der Waals surface area contributed by atoms with Gasteiger partial charge >= 0.3 is 34.5 Å². The molecule has 0 amide bonds. The third-order valence-electron chi connectivity index (χ3n) is 0.903. The molecule has 0 heterocycles. The summed E-state index contributed by atoms with van der Waals surface area (Å²) in [6.45, 7) is 0. The van der Waals surface area contributed by atoms with Crippen LogP contribution in [-0.2, 0) is 15.1 Å².